The number of benzene rings is 1. The van der Waals surface area contributed by atoms with Gasteiger partial charge in [-0.15, -0.1) is 0 Å². The molecule has 6 heteroatoms. The number of rotatable bonds is 6. The van der Waals surface area contributed by atoms with Crippen LogP contribution in [0.5, 0.6) is 0 Å². The molecule has 5 nitrogen and oxygen atoms in total. The van der Waals surface area contributed by atoms with Crippen molar-refractivity contribution in [2.24, 2.45) is 11.1 Å². The third-order valence-corrected chi connectivity index (χ3v) is 4.42. The largest absolute Gasteiger partial charge is 0.345 e. The van der Waals surface area contributed by atoms with Crippen molar-refractivity contribution in [3.63, 3.8) is 0 Å². The van der Waals surface area contributed by atoms with Crippen molar-refractivity contribution in [2.45, 2.75) is 26.7 Å². The van der Waals surface area contributed by atoms with Gasteiger partial charge in [-0.1, -0.05) is 25.4 Å². The fourth-order valence-electron chi connectivity index (χ4n) is 2.22. The fraction of sp³-hybridized carbons (Fsp3) is 0.500. The lowest BCUT2D eigenvalue weighted by molar-refractivity contribution is -0.125. The summed E-state index contributed by atoms with van der Waals surface area (Å²) < 4.78 is 0. The van der Waals surface area contributed by atoms with Crippen LogP contribution in [0.15, 0.2) is 18.2 Å². The summed E-state index contributed by atoms with van der Waals surface area (Å²) in [4.78, 5) is 26.0. The highest BCUT2D eigenvalue weighted by molar-refractivity contribution is 6.34. The molecular formula is C16H24ClN3O2. The van der Waals surface area contributed by atoms with Gasteiger partial charge in [0, 0.05) is 26.3 Å². The first-order valence-corrected chi connectivity index (χ1v) is 7.71. The number of anilines is 1. The highest BCUT2D eigenvalue weighted by atomic mass is 35.5. The summed E-state index contributed by atoms with van der Waals surface area (Å²) in [6.45, 7) is 4.17. The molecule has 0 aliphatic rings. The van der Waals surface area contributed by atoms with E-state index in [-0.39, 0.29) is 18.4 Å². The van der Waals surface area contributed by atoms with Gasteiger partial charge in [-0.05, 0) is 31.0 Å². The molecule has 0 atom stereocenters. The Labute approximate surface area is 136 Å². The molecule has 2 amide bonds. The van der Waals surface area contributed by atoms with E-state index in [0.717, 1.165) is 0 Å². The summed E-state index contributed by atoms with van der Waals surface area (Å²) in [5.74, 6) is -0.345. The van der Waals surface area contributed by atoms with Crippen LogP contribution in [0.1, 0.15) is 37.0 Å². The monoisotopic (exact) mass is 325 g/mol. The summed E-state index contributed by atoms with van der Waals surface area (Å²) in [7, 11) is 3.30. The Kier molecular flexibility index (Phi) is 6.38. The molecule has 0 spiro atoms. The number of nitrogens with zero attached hydrogens (tertiary/aromatic N) is 1. The van der Waals surface area contributed by atoms with Crippen LogP contribution in [0.3, 0.4) is 0 Å². The van der Waals surface area contributed by atoms with Gasteiger partial charge in [0.15, 0.2) is 0 Å². The van der Waals surface area contributed by atoms with Gasteiger partial charge in [0.1, 0.15) is 0 Å². The number of hydrogen-bond donors (Lipinski definition) is 2. The van der Waals surface area contributed by atoms with Crippen LogP contribution in [0, 0.1) is 5.41 Å². The molecule has 0 bridgehead atoms. The molecule has 22 heavy (non-hydrogen) atoms. The molecular weight excluding hydrogens is 302 g/mol. The molecule has 3 N–H and O–H groups in total. The molecule has 0 heterocycles. The fourth-order valence-corrected chi connectivity index (χ4v) is 2.42. The maximum absolute atomic E-state index is 12.5. The zero-order valence-electron chi connectivity index (χ0n) is 13.6. The van der Waals surface area contributed by atoms with Gasteiger partial charge in [0.05, 0.1) is 16.0 Å². The van der Waals surface area contributed by atoms with E-state index >= 15 is 0 Å². The lowest BCUT2D eigenvalue weighted by Gasteiger charge is -2.28. The van der Waals surface area contributed by atoms with E-state index in [1.165, 1.54) is 4.90 Å². The first-order chi connectivity index (χ1) is 10.3. The number of halogens is 1. The Morgan fingerprint density at radius 3 is 2.32 bits per heavy atom. The highest BCUT2D eigenvalue weighted by Gasteiger charge is 2.33. The second-order valence-corrected chi connectivity index (χ2v) is 5.95. The molecule has 0 saturated carbocycles. The molecule has 0 radical (unpaired) electrons. The first kappa shape index (κ1) is 18.5. The zero-order valence-corrected chi connectivity index (χ0v) is 14.3. The van der Waals surface area contributed by atoms with Gasteiger partial charge in [-0.25, -0.2) is 0 Å². The molecule has 0 aromatic heterocycles. The Balaban J connectivity index is 3.07. The van der Waals surface area contributed by atoms with Crippen molar-refractivity contribution in [2.75, 3.05) is 26.0 Å². The van der Waals surface area contributed by atoms with E-state index in [1.54, 1.807) is 32.3 Å². The third kappa shape index (κ3) is 3.78. The van der Waals surface area contributed by atoms with Crippen LogP contribution >= 0.6 is 11.6 Å². The quantitative estimate of drug-likeness (QED) is 0.844. The van der Waals surface area contributed by atoms with E-state index in [9.17, 15) is 9.59 Å². The number of amides is 2. The van der Waals surface area contributed by atoms with Gasteiger partial charge in [-0.3, -0.25) is 9.59 Å². The molecule has 0 aliphatic heterocycles. The summed E-state index contributed by atoms with van der Waals surface area (Å²) in [6.07, 6.45) is 1.31. The van der Waals surface area contributed by atoms with Crippen LogP contribution in [-0.2, 0) is 4.79 Å². The minimum absolute atomic E-state index is 0.134. The predicted molar refractivity (Wildman–Crippen MR) is 90.2 cm³/mol. The van der Waals surface area contributed by atoms with Gasteiger partial charge >= 0.3 is 0 Å². The number of carbonyl (C=O) groups excluding carboxylic acids is 2. The van der Waals surface area contributed by atoms with Gasteiger partial charge < -0.3 is 16.0 Å². The number of nitrogens with two attached hydrogens (primary N) is 1. The van der Waals surface area contributed by atoms with Crippen LogP contribution in [0.25, 0.3) is 0 Å². The van der Waals surface area contributed by atoms with Gasteiger partial charge in [0.2, 0.25) is 5.91 Å². The summed E-state index contributed by atoms with van der Waals surface area (Å²) in [5.41, 5.74) is 6.09. The highest BCUT2D eigenvalue weighted by Crippen LogP contribution is 2.28. The number of hydrogen-bond acceptors (Lipinski definition) is 3. The van der Waals surface area contributed by atoms with Crippen LogP contribution < -0.4 is 11.1 Å². The molecule has 0 saturated heterocycles. The molecule has 1 aromatic carbocycles. The minimum Gasteiger partial charge on any atom is -0.345 e. The van der Waals surface area contributed by atoms with E-state index in [4.69, 9.17) is 17.3 Å². The molecule has 0 unspecified atom stereocenters. The van der Waals surface area contributed by atoms with Crippen molar-refractivity contribution < 1.29 is 9.59 Å². The third-order valence-electron chi connectivity index (χ3n) is 4.09. The van der Waals surface area contributed by atoms with Crippen LogP contribution in [0.4, 0.5) is 5.69 Å². The second kappa shape index (κ2) is 7.61. The summed E-state index contributed by atoms with van der Waals surface area (Å²) in [5, 5.41) is 3.20. The lowest BCUT2D eigenvalue weighted by atomic mass is 9.81. The van der Waals surface area contributed by atoms with Crippen molar-refractivity contribution in [3.8, 4) is 0 Å². The SMILES string of the molecule is CCC(CC)(CN)C(=O)Nc1ccc(Cl)c(C(=O)N(C)C)c1. The molecule has 1 aromatic rings. The van der Waals surface area contributed by atoms with Gasteiger partial charge in [0.25, 0.3) is 5.91 Å². The standard InChI is InChI=1S/C16H24ClN3O2/c1-5-16(6-2,10-18)15(22)19-11-7-8-13(17)12(9-11)14(21)20(3)4/h7-9H,5-6,10,18H2,1-4H3,(H,19,22). The first-order valence-electron chi connectivity index (χ1n) is 7.34. The maximum atomic E-state index is 12.5. The Bertz CT molecular complexity index is 546. The Morgan fingerprint density at radius 2 is 1.86 bits per heavy atom. The topological polar surface area (TPSA) is 75.4 Å². The maximum Gasteiger partial charge on any atom is 0.254 e. The lowest BCUT2D eigenvalue weighted by Crippen LogP contribution is -2.41. The zero-order chi connectivity index (χ0) is 16.9. The Morgan fingerprint density at radius 1 is 1.27 bits per heavy atom. The van der Waals surface area contributed by atoms with Crippen LogP contribution in [0.2, 0.25) is 5.02 Å². The molecule has 1 rings (SSSR count). The van der Waals surface area contributed by atoms with Crippen molar-refractivity contribution >= 4 is 29.1 Å². The molecule has 0 fully saturated rings. The normalized spacial score (nSPS) is 11.2. The second-order valence-electron chi connectivity index (χ2n) is 5.54. The average Bonchev–Trinajstić information content (AvgIpc) is 2.50. The van der Waals surface area contributed by atoms with E-state index < -0.39 is 5.41 Å². The smallest absolute Gasteiger partial charge is 0.254 e. The van der Waals surface area contributed by atoms with Crippen molar-refractivity contribution in [1.82, 2.24) is 4.90 Å². The molecule has 0 aliphatic carbocycles. The Hall–Kier alpha value is -1.59. The molecule has 122 valence electrons. The van der Waals surface area contributed by atoms with Crippen LogP contribution in [-0.4, -0.2) is 37.4 Å². The van der Waals surface area contributed by atoms with Crippen molar-refractivity contribution in [1.29, 1.82) is 0 Å². The van der Waals surface area contributed by atoms with Crippen molar-refractivity contribution in [3.05, 3.63) is 28.8 Å². The van der Waals surface area contributed by atoms with E-state index in [1.807, 2.05) is 13.8 Å². The summed E-state index contributed by atoms with van der Waals surface area (Å²) >= 11 is 6.06. The number of carbonyl (C=O) groups is 2. The number of nitrogens with one attached hydrogen (secondary N) is 1. The van der Waals surface area contributed by atoms with Gasteiger partial charge in [-0.2, -0.15) is 0 Å². The summed E-state index contributed by atoms with van der Waals surface area (Å²) in [6, 6.07) is 4.88. The van der Waals surface area contributed by atoms with E-state index in [0.29, 0.717) is 29.1 Å². The van der Waals surface area contributed by atoms with E-state index in [2.05, 4.69) is 5.32 Å². The average molecular weight is 326 g/mol. The predicted octanol–water partition coefficient (Wildman–Crippen LogP) is 2.75. The minimum atomic E-state index is -0.592.